The number of hydrogen-bond donors (Lipinski definition) is 1. The van der Waals surface area contributed by atoms with Crippen molar-refractivity contribution in [1.82, 2.24) is 19.5 Å². The molecule has 4 rings (SSSR count). The van der Waals surface area contributed by atoms with E-state index >= 15 is 0 Å². The summed E-state index contributed by atoms with van der Waals surface area (Å²) >= 11 is 1.38. The summed E-state index contributed by atoms with van der Waals surface area (Å²) in [7, 11) is 0. The van der Waals surface area contributed by atoms with E-state index in [1.54, 1.807) is 36.4 Å². The molecule has 0 bridgehead atoms. The lowest BCUT2D eigenvalue weighted by Gasteiger charge is -2.33. The molecule has 1 aliphatic rings. The molecule has 1 aliphatic heterocycles. The lowest BCUT2D eigenvalue weighted by atomic mass is 10.1. The fourth-order valence-corrected chi connectivity index (χ4v) is 5.62. The van der Waals surface area contributed by atoms with Crippen molar-refractivity contribution in [3.05, 3.63) is 47.8 Å². The van der Waals surface area contributed by atoms with Crippen LogP contribution in [0, 0.1) is 0 Å². The topological polar surface area (TPSA) is 100 Å². The first kappa shape index (κ1) is 29.5. The molecule has 1 aromatic carbocycles. The third-order valence-corrected chi connectivity index (χ3v) is 7.38. The molecule has 0 aliphatic carbocycles. The van der Waals surface area contributed by atoms with Gasteiger partial charge in [0.2, 0.25) is 0 Å². The molecule has 0 saturated carbocycles. The Morgan fingerprint density at radius 2 is 1.93 bits per heavy atom. The van der Waals surface area contributed by atoms with E-state index < -0.39 is 29.5 Å². The van der Waals surface area contributed by atoms with Crippen molar-refractivity contribution in [1.29, 1.82) is 0 Å². The zero-order chi connectivity index (χ0) is 29.4. The summed E-state index contributed by atoms with van der Waals surface area (Å²) in [5, 5.41) is 15.3. The number of imidazole rings is 1. The van der Waals surface area contributed by atoms with Crippen LogP contribution in [0.4, 0.5) is 34.1 Å². The van der Waals surface area contributed by atoms with E-state index in [-0.39, 0.29) is 28.2 Å². The molecule has 2 amide bonds. The number of rotatable bonds is 5. The molecular formula is C27H32F3N5O4S. The molecule has 0 spiro atoms. The standard InChI is InChI=1S/C27H32F3N5O4S/c1-16(2)21-14-31-23-20(34(24(36)37)18-9-6-8-17(12-18)27(28,29)30)13-22(32-35(21)23)40-19-10-7-11-33(15-19)25(38)39-26(3,4)5/h6,8-9,12-14,16,19H,7,10-11,15H2,1-5H3,(H,36,37). The van der Waals surface area contributed by atoms with E-state index in [0.29, 0.717) is 23.8 Å². The predicted octanol–water partition coefficient (Wildman–Crippen LogP) is 7.18. The minimum atomic E-state index is -4.64. The average molecular weight is 580 g/mol. The van der Waals surface area contributed by atoms with E-state index in [2.05, 4.69) is 4.98 Å². The van der Waals surface area contributed by atoms with Gasteiger partial charge in [0.1, 0.15) is 10.6 Å². The highest BCUT2D eigenvalue weighted by Crippen LogP contribution is 2.38. The Morgan fingerprint density at radius 3 is 2.55 bits per heavy atom. The van der Waals surface area contributed by atoms with Crippen molar-refractivity contribution in [2.45, 2.75) is 75.4 Å². The number of hydrogen-bond acceptors (Lipinski definition) is 6. The lowest BCUT2D eigenvalue weighted by Crippen LogP contribution is -2.43. The third kappa shape index (κ3) is 6.62. The van der Waals surface area contributed by atoms with E-state index in [1.165, 1.54) is 30.0 Å². The van der Waals surface area contributed by atoms with Gasteiger partial charge in [0.25, 0.3) is 0 Å². The van der Waals surface area contributed by atoms with Gasteiger partial charge in [-0.2, -0.15) is 18.3 Å². The summed E-state index contributed by atoms with van der Waals surface area (Å²) in [6.07, 6.45) is -3.39. The first-order chi connectivity index (χ1) is 18.6. The van der Waals surface area contributed by atoms with Gasteiger partial charge in [0, 0.05) is 24.4 Å². The summed E-state index contributed by atoms with van der Waals surface area (Å²) in [6.45, 7) is 10.3. The molecule has 40 heavy (non-hydrogen) atoms. The third-order valence-electron chi connectivity index (χ3n) is 6.22. The molecule has 1 atom stereocenters. The van der Waals surface area contributed by atoms with Crippen molar-refractivity contribution in [3.63, 3.8) is 0 Å². The van der Waals surface area contributed by atoms with Crippen LogP contribution in [0.25, 0.3) is 5.65 Å². The fraction of sp³-hybridized carbons (Fsp3) is 0.481. The predicted molar refractivity (Wildman–Crippen MR) is 145 cm³/mol. The number of carbonyl (C=O) groups is 2. The number of fused-ring (bicyclic) bond motifs is 1. The van der Waals surface area contributed by atoms with E-state index in [4.69, 9.17) is 9.84 Å². The molecule has 3 aromatic rings. The molecule has 0 radical (unpaired) electrons. The molecule has 13 heteroatoms. The SMILES string of the molecule is CC(C)c1cnc2c(N(C(=O)O)c3cccc(C(F)(F)F)c3)cc(SC3CCCN(C(=O)OC(C)(C)C)C3)nn12. The van der Waals surface area contributed by atoms with Crippen molar-refractivity contribution in [2.75, 3.05) is 18.0 Å². The second-order valence-corrected chi connectivity index (χ2v) is 12.2. The lowest BCUT2D eigenvalue weighted by molar-refractivity contribution is -0.137. The minimum Gasteiger partial charge on any atom is -0.464 e. The zero-order valence-electron chi connectivity index (χ0n) is 22.9. The number of ether oxygens (including phenoxy) is 1. The maximum atomic E-state index is 13.5. The van der Waals surface area contributed by atoms with Gasteiger partial charge < -0.3 is 14.7 Å². The first-order valence-corrected chi connectivity index (χ1v) is 13.8. The number of likely N-dealkylation sites (tertiary alicyclic amines) is 1. The van der Waals surface area contributed by atoms with Crippen molar-refractivity contribution >= 4 is 41.0 Å². The van der Waals surface area contributed by atoms with Gasteiger partial charge >= 0.3 is 18.4 Å². The molecule has 2 aromatic heterocycles. The Kier molecular flexibility index (Phi) is 8.25. The van der Waals surface area contributed by atoms with Crippen molar-refractivity contribution < 1.29 is 32.6 Å². The number of aromatic nitrogens is 3. The number of amides is 2. The highest BCUT2D eigenvalue weighted by Gasteiger charge is 2.33. The van der Waals surface area contributed by atoms with Gasteiger partial charge in [-0.1, -0.05) is 31.7 Å². The Bertz CT molecular complexity index is 1400. The maximum Gasteiger partial charge on any atom is 0.416 e. The zero-order valence-corrected chi connectivity index (χ0v) is 23.7. The van der Waals surface area contributed by atoms with Gasteiger partial charge in [0.05, 0.1) is 28.8 Å². The van der Waals surface area contributed by atoms with Crippen LogP contribution in [0.2, 0.25) is 0 Å². The van der Waals surface area contributed by atoms with Gasteiger partial charge in [-0.25, -0.2) is 24.0 Å². The highest BCUT2D eigenvalue weighted by molar-refractivity contribution is 7.99. The van der Waals surface area contributed by atoms with E-state index in [1.807, 2.05) is 13.8 Å². The highest BCUT2D eigenvalue weighted by atomic mass is 32.2. The number of benzene rings is 1. The molecule has 1 N–H and O–H groups in total. The molecule has 3 heterocycles. The number of carbonyl (C=O) groups excluding carboxylic acids is 1. The monoisotopic (exact) mass is 579 g/mol. The number of alkyl halides is 3. The Labute approximate surface area is 234 Å². The number of halogens is 3. The summed E-state index contributed by atoms with van der Waals surface area (Å²) in [5.41, 5.74) is -0.771. The van der Waals surface area contributed by atoms with Crippen LogP contribution in [0.1, 0.15) is 64.6 Å². The van der Waals surface area contributed by atoms with E-state index in [0.717, 1.165) is 29.9 Å². The van der Waals surface area contributed by atoms with Gasteiger partial charge in [-0.15, -0.1) is 0 Å². The normalized spacial score (nSPS) is 16.4. The van der Waals surface area contributed by atoms with Crippen LogP contribution in [0.3, 0.4) is 0 Å². The number of carboxylic acid groups (broad SMARTS) is 1. The summed E-state index contributed by atoms with van der Waals surface area (Å²) < 4.78 is 47.4. The second kappa shape index (κ2) is 11.2. The average Bonchev–Trinajstić information content (AvgIpc) is 3.27. The maximum absolute atomic E-state index is 13.5. The van der Waals surface area contributed by atoms with Crippen LogP contribution < -0.4 is 4.90 Å². The number of thioether (sulfide) groups is 1. The summed E-state index contributed by atoms with van der Waals surface area (Å²) in [5.74, 6) is -0.0141. The molecule has 1 saturated heterocycles. The Morgan fingerprint density at radius 1 is 1.20 bits per heavy atom. The molecule has 1 fully saturated rings. The quantitative estimate of drug-likeness (QED) is 0.342. The van der Waals surface area contributed by atoms with Crippen LogP contribution in [-0.4, -0.2) is 60.7 Å². The number of nitrogens with zero attached hydrogens (tertiary/aromatic N) is 5. The minimum absolute atomic E-state index is 0.0141. The smallest absolute Gasteiger partial charge is 0.416 e. The first-order valence-electron chi connectivity index (χ1n) is 12.9. The van der Waals surface area contributed by atoms with Crippen LogP contribution in [0.15, 0.2) is 41.6 Å². The molecule has 216 valence electrons. The number of piperidine rings is 1. The van der Waals surface area contributed by atoms with Crippen molar-refractivity contribution in [2.24, 2.45) is 0 Å². The largest absolute Gasteiger partial charge is 0.464 e. The molecule has 1 unspecified atom stereocenters. The van der Waals surface area contributed by atoms with Gasteiger partial charge in [-0.3, -0.25) is 0 Å². The van der Waals surface area contributed by atoms with Crippen LogP contribution in [0.5, 0.6) is 0 Å². The van der Waals surface area contributed by atoms with E-state index in [9.17, 15) is 27.9 Å². The fourth-order valence-electron chi connectivity index (χ4n) is 4.43. The van der Waals surface area contributed by atoms with Crippen LogP contribution in [-0.2, 0) is 10.9 Å². The Hall–Kier alpha value is -3.48. The summed E-state index contributed by atoms with van der Waals surface area (Å²) in [6, 6.07) is 5.68. The number of anilines is 2. The second-order valence-electron chi connectivity index (χ2n) is 10.9. The van der Waals surface area contributed by atoms with Crippen molar-refractivity contribution in [3.8, 4) is 0 Å². The molecular weight excluding hydrogens is 547 g/mol. The van der Waals surface area contributed by atoms with Crippen LogP contribution >= 0.6 is 11.8 Å². The summed E-state index contributed by atoms with van der Waals surface area (Å²) in [4.78, 5) is 32.0. The molecule has 9 nitrogen and oxygen atoms in total. The van der Waals surface area contributed by atoms with Gasteiger partial charge in [-0.05, 0) is 57.7 Å². The van der Waals surface area contributed by atoms with Gasteiger partial charge in [0.15, 0.2) is 5.65 Å². The Balaban J connectivity index is 1.74.